The van der Waals surface area contributed by atoms with Crippen molar-refractivity contribution in [3.8, 4) is 0 Å². The van der Waals surface area contributed by atoms with Gasteiger partial charge >= 0.3 is 6.03 Å². The third-order valence-corrected chi connectivity index (χ3v) is 1.27. The van der Waals surface area contributed by atoms with Gasteiger partial charge in [-0.1, -0.05) is 0 Å². The maximum atomic E-state index is 10.6. The monoisotopic (exact) mass is 130 g/mol. The van der Waals surface area contributed by atoms with Gasteiger partial charge in [0.05, 0.1) is 1.37 Å². The van der Waals surface area contributed by atoms with E-state index in [0.29, 0.717) is 13.1 Å². The van der Waals surface area contributed by atoms with Gasteiger partial charge in [-0.2, -0.15) is 0 Å². The lowest BCUT2D eigenvalue weighted by atomic mass is 10.4. The van der Waals surface area contributed by atoms with Gasteiger partial charge in [-0.25, -0.2) is 4.79 Å². The van der Waals surface area contributed by atoms with E-state index in [0.717, 1.165) is 6.54 Å². The van der Waals surface area contributed by atoms with Gasteiger partial charge in [-0.15, -0.1) is 0 Å². The Morgan fingerprint density at radius 1 is 1.78 bits per heavy atom. The second-order valence-corrected chi connectivity index (χ2v) is 1.92. The van der Waals surface area contributed by atoms with Gasteiger partial charge in [0.2, 0.25) is 0 Å². The van der Waals surface area contributed by atoms with Crippen LogP contribution in [-0.2, 0) is 0 Å². The lowest BCUT2D eigenvalue weighted by Crippen LogP contribution is -2.48. The Morgan fingerprint density at radius 3 is 3.00 bits per heavy atom. The van der Waals surface area contributed by atoms with Gasteiger partial charge < -0.3 is 16.0 Å². The second-order valence-electron chi connectivity index (χ2n) is 1.92. The standard InChI is InChI=1S/C5H11N3O/c6-5(9)8-3-1-7-2-4-8/h7H,1-4H2,(H2,6,9)/i3D. The van der Waals surface area contributed by atoms with Crippen LogP contribution in [0.2, 0.25) is 0 Å². The van der Waals surface area contributed by atoms with Crippen LogP contribution in [0.4, 0.5) is 4.79 Å². The van der Waals surface area contributed by atoms with E-state index in [1.807, 2.05) is 0 Å². The number of primary amides is 1. The molecular weight excluding hydrogens is 118 g/mol. The van der Waals surface area contributed by atoms with Crippen LogP contribution in [0.25, 0.3) is 0 Å². The maximum absolute atomic E-state index is 10.6. The van der Waals surface area contributed by atoms with Crippen LogP contribution in [-0.4, -0.2) is 37.1 Å². The van der Waals surface area contributed by atoms with E-state index in [1.54, 1.807) is 0 Å². The fourth-order valence-electron chi connectivity index (χ4n) is 0.768. The Morgan fingerprint density at radius 2 is 2.56 bits per heavy atom. The summed E-state index contributed by atoms with van der Waals surface area (Å²) in [6, 6.07) is -0.499. The first-order valence-corrected chi connectivity index (χ1v) is 2.91. The average molecular weight is 130 g/mol. The molecule has 1 fully saturated rings. The summed E-state index contributed by atoms with van der Waals surface area (Å²) in [6.07, 6.45) is 0. The molecule has 0 aromatic heterocycles. The van der Waals surface area contributed by atoms with Crippen molar-refractivity contribution in [1.82, 2.24) is 10.2 Å². The van der Waals surface area contributed by atoms with Crippen LogP contribution >= 0.6 is 0 Å². The highest BCUT2D eigenvalue weighted by molar-refractivity contribution is 5.72. The minimum Gasteiger partial charge on any atom is -0.351 e. The van der Waals surface area contributed by atoms with Crippen molar-refractivity contribution in [2.75, 3.05) is 26.2 Å². The highest BCUT2D eigenvalue weighted by Gasteiger charge is 2.11. The number of hydrogen-bond donors (Lipinski definition) is 2. The normalized spacial score (nSPS) is 29.6. The first-order chi connectivity index (χ1) is 4.72. The topological polar surface area (TPSA) is 58.4 Å². The molecule has 0 spiro atoms. The second kappa shape index (κ2) is 2.68. The van der Waals surface area contributed by atoms with Crippen LogP contribution in [0.15, 0.2) is 0 Å². The molecule has 52 valence electrons. The fraction of sp³-hybridized carbons (Fsp3) is 0.800. The van der Waals surface area contributed by atoms with Crippen molar-refractivity contribution < 1.29 is 6.17 Å². The predicted octanol–water partition coefficient (Wildman–Crippen LogP) is -1.03. The van der Waals surface area contributed by atoms with E-state index >= 15 is 0 Å². The van der Waals surface area contributed by atoms with Crippen molar-refractivity contribution in [1.29, 1.82) is 0 Å². The molecular formula is C5H11N3O. The smallest absolute Gasteiger partial charge is 0.314 e. The number of nitrogens with one attached hydrogen (secondary N) is 1. The third-order valence-electron chi connectivity index (χ3n) is 1.27. The zero-order valence-electron chi connectivity index (χ0n) is 6.13. The van der Waals surface area contributed by atoms with E-state index in [9.17, 15) is 4.79 Å². The van der Waals surface area contributed by atoms with Gasteiger partial charge in [0, 0.05) is 26.2 Å². The Bertz CT molecular complexity index is 141. The predicted molar refractivity (Wildman–Crippen MR) is 34.0 cm³/mol. The Balaban J connectivity index is 2.47. The number of piperazine rings is 1. The summed E-state index contributed by atoms with van der Waals surface area (Å²) in [5, 5.41) is 2.98. The first-order valence-electron chi connectivity index (χ1n) is 3.48. The van der Waals surface area contributed by atoms with Crippen molar-refractivity contribution >= 4 is 6.03 Å². The molecule has 1 heterocycles. The third kappa shape index (κ3) is 1.57. The highest BCUT2D eigenvalue weighted by Crippen LogP contribution is 1.89. The van der Waals surface area contributed by atoms with Gasteiger partial charge in [0.15, 0.2) is 0 Å². The van der Waals surface area contributed by atoms with E-state index in [4.69, 9.17) is 7.10 Å². The van der Waals surface area contributed by atoms with Crippen molar-refractivity contribution in [2.24, 2.45) is 5.73 Å². The molecule has 0 saturated carbocycles. The molecule has 0 radical (unpaired) electrons. The molecule has 1 aliphatic rings. The molecule has 0 aromatic carbocycles. The molecule has 2 amide bonds. The number of hydrogen-bond acceptors (Lipinski definition) is 2. The zero-order chi connectivity index (χ0) is 7.56. The number of carbonyl (C=O) groups is 1. The van der Waals surface area contributed by atoms with E-state index < -0.39 is 12.6 Å². The van der Waals surface area contributed by atoms with E-state index in [-0.39, 0.29) is 0 Å². The summed E-state index contributed by atoms with van der Waals surface area (Å²) in [7, 11) is 0. The molecule has 1 unspecified atom stereocenters. The summed E-state index contributed by atoms with van der Waals surface area (Å²) in [5.41, 5.74) is 5.00. The van der Waals surface area contributed by atoms with Crippen LogP contribution < -0.4 is 11.1 Å². The number of amides is 2. The van der Waals surface area contributed by atoms with Gasteiger partial charge in [-0.05, 0) is 0 Å². The Labute approximate surface area is 55.4 Å². The van der Waals surface area contributed by atoms with Crippen LogP contribution in [0.5, 0.6) is 0 Å². The summed E-state index contributed by atoms with van der Waals surface area (Å²) in [4.78, 5) is 11.9. The molecule has 0 aromatic rings. The summed E-state index contributed by atoms with van der Waals surface area (Å²) >= 11 is 0. The molecule has 0 aliphatic carbocycles. The quantitative estimate of drug-likeness (QED) is 0.440. The molecule has 4 nitrogen and oxygen atoms in total. The van der Waals surface area contributed by atoms with E-state index in [1.165, 1.54) is 4.90 Å². The molecule has 1 saturated heterocycles. The highest BCUT2D eigenvalue weighted by atomic mass is 16.2. The average Bonchev–Trinajstić information content (AvgIpc) is 1.88. The van der Waals surface area contributed by atoms with Gasteiger partial charge in [-0.3, -0.25) is 0 Å². The summed E-state index contributed by atoms with van der Waals surface area (Å²) in [5.74, 6) is 0. The fourth-order valence-corrected chi connectivity index (χ4v) is 0.768. The largest absolute Gasteiger partial charge is 0.351 e. The lowest BCUT2D eigenvalue weighted by molar-refractivity contribution is 0.200. The Kier molecular flexibility index (Phi) is 1.50. The Hall–Kier alpha value is -0.770. The van der Waals surface area contributed by atoms with Crippen LogP contribution in [0, 0.1) is 0 Å². The molecule has 1 aliphatic heterocycles. The molecule has 4 heteroatoms. The first kappa shape index (κ1) is 5.05. The number of nitrogens with zero attached hydrogens (tertiary/aromatic N) is 1. The van der Waals surface area contributed by atoms with Gasteiger partial charge in [0.25, 0.3) is 0 Å². The number of rotatable bonds is 0. The van der Waals surface area contributed by atoms with E-state index in [2.05, 4.69) is 5.32 Å². The molecule has 1 atom stereocenters. The number of nitrogens with two attached hydrogens (primary N) is 1. The number of urea groups is 1. The maximum Gasteiger partial charge on any atom is 0.314 e. The molecule has 0 bridgehead atoms. The van der Waals surface area contributed by atoms with Crippen molar-refractivity contribution in [3.63, 3.8) is 0 Å². The lowest BCUT2D eigenvalue weighted by Gasteiger charge is -2.25. The van der Waals surface area contributed by atoms with Gasteiger partial charge in [0.1, 0.15) is 0 Å². The minimum absolute atomic E-state index is 0.499. The van der Waals surface area contributed by atoms with Crippen molar-refractivity contribution in [3.05, 3.63) is 0 Å². The molecule has 1 rings (SSSR count). The number of carbonyl (C=O) groups excluding carboxylic acids is 1. The summed E-state index contributed by atoms with van der Waals surface area (Å²) < 4.78 is 7.32. The SMILES string of the molecule is [2H]C1CNCCN1C(N)=O. The van der Waals surface area contributed by atoms with Crippen LogP contribution in [0.1, 0.15) is 1.37 Å². The summed E-state index contributed by atoms with van der Waals surface area (Å²) in [6.45, 7) is 1.29. The molecule has 3 N–H and O–H groups in total. The molecule has 9 heavy (non-hydrogen) atoms. The van der Waals surface area contributed by atoms with Crippen molar-refractivity contribution in [2.45, 2.75) is 0 Å². The van der Waals surface area contributed by atoms with Crippen LogP contribution in [0.3, 0.4) is 0 Å². The zero-order valence-corrected chi connectivity index (χ0v) is 5.13. The minimum atomic E-state index is -0.508.